The van der Waals surface area contributed by atoms with Crippen LogP contribution >= 0.6 is 31.9 Å². The zero-order valence-electron chi connectivity index (χ0n) is 11.1. The maximum absolute atomic E-state index is 4.68. The van der Waals surface area contributed by atoms with Gasteiger partial charge in [0.05, 0.1) is 18.3 Å². The van der Waals surface area contributed by atoms with Crippen LogP contribution in [0.15, 0.2) is 39.4 Å². The van der Waals surface area contributed by atoms with Gasteiger partial charge in [0.1, 0.15) is 0 Å². The van der Waals surface area contributed by atoms with Gasteiger partial charge < -0.3 is 5.32 Å². The van der Waals surface area contributed by atoms with Gasteiger partial charge in [-0.1, -0.05) is 28.8 Å². The molecule has 1 heterocycles. The van der Waals surface area contributed by atoms with Crippen LogP contribution in [0.4, 0.5) is 5.69 Å². The third kappa shape index (κ3) is 3.26. The van der Waals surface area contributed by atoms with Gasteiger partial charge >= 0.3 is 0 Å². The monoisotopic (exact) mass is 397 g/mol. The lowest BCUT2D eigenvalue weighted by Crippen LogP contribution is -2.07. The fourth-order valence-corrected chi connectivity index (χ4v) is 3.85. The van der Waals surface area contributed by atoms with E-state index in [0.29, 0.717) is 6.04 Å². The van der Waals surface area contributed by atoms with Crippen LogP contribution in [0.1, 0.15) is 37.4 Å². The first-order valence-electron chi connectivity index (χ1n) is 6.95. The molecule has 0 radical (unpaired) electrons. The quantitative estimate of drug-likeness (QED) is 0.772. The molecule has 3 nitrogen and oxygen atoms in total. The summed E-state index contributed by atoms with van der Waals surface area (Å²) in [5.74, 6) is 0. The van der Waals surface area contributed by atoms with Crippen LogP contribution in [-0.4, -0.2) is 9.78 Å². The molecular weight excluding hydrogens is 382 g/mol. The highest BCUT2D eigenvalue weighted by atomic mass is 79.9. The van der Waals surface area contributed by atoms with Crippen molar-refractivity contribution in [3.63, 3.8) is 0 Å². The molecule has 1 aromatic carbocycles. The average Bonchev–Trinajstić information content (AvgIpc) is 3.08. The van der Waals surface area contributed by atoms with Gasteiger partial charge in [0.15, 0.2) is 0 Å². The first kappa shape index (κ1) is 14.1. The summed E-state index contributed by atoms with van der Waals surface area (Å²) in [6.07, 6.45) is 7.33. The largest absolute Gasteiger partial charge is 0.378 e. The van der Waals surface area contributed by atoms with Crippen LogP contribution in [0.2, 0.25) is 0 Å². The topological polar surface area (TPSA) is 29.9 Å². The zero-order chi connectivity index (χ0) is 13.9. The van der Waals surface area contributed by atoms with E-state index in [1.54, 1.807) is 0 Å². The Morgan fingerprint density at radius 1 is 1.20 bits per heavy atom. The third-order valence-electron chi connectivity index (χ3n) is 3.75. The van der Waals surface area contributed by atoms with Gasteiger partial charge in [-0.3, -0.25) is 4.68 Å². The summed E-state index contributed by atoms with van der Waals surface area (Å²) >= 11 is 7.02. The van der Waals surface area contributed by atoms with Crippen molar-refractivity contribution in [2.75, 3.05) is 5.32 Å². The molecule has 106 valence electrons. The number of rotatable bonds is 4. The Balaban J connectivity index is 1.63. The molecule has 5 heteroatoms. The van der Waals surface area contributed by atoms with Crippen LogP contribution in [0.5, 0.6) is 0 Å². The summed E-state index contributed by atoms with van der Waals surface area (Å²) < 4.78 is 4.27. The van der Waals surface area contributed by atoms with Crippen molar-refractivity contribution in [1.82, 2.24) is 9.78 Å². The molecule has 0 spiro atoms. The van der Waals surface area contributed by atoms with Crippen LogP contribution in [0.3, 0.4) is 0 Å². The second-order valence-electron chi connectivity index (χ2n) is 5.20. The van der Waals surface area contributed by atoms with Crippen molar-refractivity contribution in [2.45, 2.75) is 38.3 Å². The predicted molar refractivity (Wildman–Crippen MR) is 88.9 cm³/mol. The molecule has 2 aromatic rings. The fraction of sp³-hybridized carbons (Fsp3) is 0.400. The Morgan fingerprint density at radius 3 is 2.75 bits per heavy atom. The van der Waals surface area contributed by atoms with E-state index < -0.39 is 0 Å². The average molecular weight is 399 g/mol. The van der Waals surface area contributed by atoms with Gasteiger partial charge in [-0.2, -0.15) is 5.10 Å². The highest BCUT2D eigenvalue weighted by Gasteiger charge is 2.17. The Hall–Kier alpha value is -0.810. The SMILES string of the molecule is Brc1ccc(NCc2ccn(C3CCCC3)n2)c(Br)c1. The number of nitrogens with one attached hydrogen (secondary N) is 1. The minimum Gasteiger partial charge on any atom is -0.378 e. The van der Waals surface area contributed by atoms with Crippen LogP contribution in [-0.2, 0) is 6.54 Å². The maximum Gasteiger partial charge on any atom is 0.0815 e. The first-order chi connectivity index (χ1) is 9.72. The van der Waals surface area contributed by atoms with Gasteiger partial charge in [-0.05, 0) is 53.0 Å². The molecule has 0 saturated heterocycles. The number of hydrogen-bond donors (Lipinski definition) is 1. The van der Waals surface area contributed by atoms with Crippen LogP contribution in [0, 0.1) is 0 Å². The minimum absolute atomic E-state index is 0.614. The summed E-state index contributed by atoms with van der Waals surface area (Å²) in [5.41, 5.74) is 2.18. The molecule has 0 atom stereocenters. The molecule has 0 amide bonds. The normalized spacial score (nSPS) is 15.7. The molecule has 1 saturated carbocycles. The molecule has 0 aliphatic heterocycles. The molecule has 1 aromatic heterocycles. The van der Waals surface area contributed by atoms with Gasteiger partial charge in [-0.15, -0.1) is 0 Å². The van der Waals surface area contributed by atoms with Crippen molar-refractivity contribution in [1.29, 1.82) is 0 Å². The number of anilines is 1. The molecule has 1 aliphatic rings. The predicted octanol–water partition coefficient (Wildman–Crippen LogP) is 5.14. The van der Waals surface area contributed by atoms with Gasteiger partial charge in [0, 0.05) is 20.8 Å². The third-order valence-corrected chi connectivity index (χ3v) is 4.90. The van der Waals surface area contributed by atoms with Crippen molar-refractivity contribution >= 4 is 37.5 Å². The highest BCUT2D eigenvalue weighted by molar-refractivity contribution is 9.11. The highest BCUT2D eigenvalue weighted by Crippen LogP contribution is 2.29. The Labute approximate surface area is 136 Å². The van der Waals surface area contributed by atoms with E-state index >= 15 is 0 Å². The van der Waals surface area contributed by atoms with Gasteiger partial charge in [0.2, 0.25) is 0 Å². The Kier molecular flexibility index (Phi) is 4.46. The lowest BCUT2D eigenvalue weighted by atomic mass is 10.3. The van der Waals surface area contributed by atoms with E-state index in [2.05, 4.69) is 65.3 Å². The van der Waals surface area contributed by atoms with Crippen LogP contribution in [0.25, 0.3) is 0 Å². The number of hydrogen-bond acceptors (Lipinski definition) is 2. The van der Waals surface area contributed by atoms with E-state index in [4.69, 9.17) is 0 Å². The van der Waals surface area contributed by atoms with E-state index in [0.717, 1.165) is 26.9 Å². The van der Waals surface area contributed by atoms with E-state index in [9.17, 15) is 0 Å². The van der Waals surface area contributed by atoms with Crippen molar-refractivity contribution < 1.29 is 0 Å². The summed E-state index contributed by atoms with van der Waals surface area (Å²) in [6.45, 7) is 0.750. The molecule has 0 bridgehead atoms. The van der Waals surface area contributed by atoms with E-state index in [1.807, 2.05) is 12.1 Å². The lowest BCUT2D eigenvalue weighted by Gasteiger charge is -2.10. The zero-order valence-corrected chi connectivity index (χ0v) is 14.3. The molecular formula is C15H17Br2N3. The molecule has 1 fully saturated rings. The number of aromatic nitrogens is 2. The summed E-state index contributed by atoms with van der Waals surface area (Å²) in [5, 5.41) is 8.10. The summed E-state index contributed by atoms with van der Waals surface area (Å²) in [7, 11) is 0. The smallest absolute Gasteiger partial charge is 0.0815 e. The van der Waals surface area contributed by atoms with Crippen molar-refractivity contribution in [3.05, 3.63) is 45.1 Å². The Morgan fingerprint density at radius 2 is 2.00 bits per heavy atom. The minimum atomic E-state index is 0.614. The van der Waals surface area contributed by atoms with E-state index in [1.165, 1.54) is 25.7 Å². The second kappa shape index (κ2) is 6.31. The summed E-state index contributed by atoms with van der Waals surface area (Å²) in [4.78, 5) is 0. The number of benzene rings is 1. The van der Waals surface area contributed by atoms with Crippen molar-refractivity contribution in [3.8, 4) is 0 Å². The van der Waals surface area contributed by atoms with Crippen LogP contribution < -0.4 is 5.32 Å². The number of halogens is 2. The van der Waals surface area contributed by atoms with Gasteiger partial charge in [0.25, 0.3) is 0 Å². The molecule has 1 aliphatic carbocycles. The molecule has 20 heavy (non-hydrogen) atoms. The van der Waals surface area contributed by atoms with Crippen molar-refractivity contribution in [2.24, 2.45) is 0 Å². The molecule has 3 rings (SSSR count). The maximum atomic E-state index is 4.68. The second-order valence-corrected chi connectivity index (χ2v) is 6.97. The molecule has 1 N–H and O–H groups in total. The standard InChI is InChI=1S/C15H17Br2N3/c16-11-5-6-15(14(17)9-11)18-10-12-7-8-20(19-12)13-3-1-2-4-13/h5-9,13,18H,1-4,10H2. The Bertz CT molecular complexity index is 589. The fourth-order valence-electron chi connectivity index (χ4n) is 2.66. The summed E-state index contributed by atoms with van der Waals surface area (Å²) in [6, 6.07) is 8.85. The number of nitrogens with zero attached hydrogens (tertiary/aromatic N) is 2. The van der Waals surface area contributed by atoms with Gasteiger partial charge in [-0.25, -0.2) is 0 Å². The van der Waals surface area contributed by atoms with E-state index in [-0.39, 0.29) is 0 Å². The first-order valence-corrected chi connectivity index (χ1v) is 8.54. The lowest BCUT2D eigenvalue weighted by molar-refractivity contribution is 0.463. The molecule has 0 unspecified atom stereocenters.